The second kappa shape index (κ2) is 5.86. The van der Waals surface area contributed by atoms with Crippen LogP contribution < -0.4 is 14.3 Å². The van der Waals surface area contributed by atoms with E-state index in [0.29, 0.717) is 27.4 Å². The number of Topliss-reactive ketones (excluding diaryl/α,β-unsaturated/α-hetero) is 1. The lowest BCUT2D eigenvalue weighted by Gasteiger charge is -1.99. The summed E-state index contributed by atoms with van der Waals surface area (Å²) in [5.41, 5.74) is 1.93. The van der Waals surface area contributed by atoms with E-state index in [0.717, 1.165) is 10.2 Å². The van der Waals surface area contributed by atoms with Crippen molar-refractivity contribution >= 4 is 33.2 Å². The van der Waals surface area contributed by atoms with Gasteiger partial charge in [-0.05, 0) is 19.1 Å². The fourth-order valence-electron chi connectivity index (χ4n) is 2.62. The smallest absolute Gasteiger partial charge is 0.279 e. The van der Waals surface area contributed by atoms with Crippen LogP contribution in [0.15, 0.2) is 41.4 Å². The Hall–Kier alpha value is -2.93. The number of amides is 1. The highest BCUT2D eigenvalue weighted by atomic mass is 32.1. The lowest BCUT2D eigenvalue weighted by molar-refractivity contribution is 0.0991. The fourth-order valence-corrected chi connectivity index (χ4v) is 3.65. The summed E-state index contributed by atoms with van der Waals surface area (Å²) in [5, 5.41) is 0. The lowest BCUT2D eigenvalue weighted by Crippen LogP contribution is -2.13. The summed E-state index contributed by atoms with van der Waals surface area (Å²) in [4.78, 5) is 28.5. The van der Waals surface area contributed by atoms with Crippen molar-refractivity contribution in [3.05, 3.63) is 52.3 Å². The monoisotopic (exact) mass is 354 g/mol. The molecule has 4 rings (SSSR count). The molecule has 1 aliphatic rings. The van der Waals surface area contributed by atoms with Gasteiger partial charge < -0.3 is 14.0 Å². The number of hydrogen-bond acceptors (Lipinski definition) is 5. The summed E-state index contributed by atoms with van der Waals surface area (Å²) in [6, 6.07) is 10.3. The van der Waals surface area contributed by atoms with E-state index in [4.69, 9.17) is 9.47 Å². The van der Waals surface area contributed by atoms with Gasteiger partial charge in [-0.1, -0.05) is 23.5 Å². The van der Waals surface area contributed by atoms with E-state index in [1.807, 2.05) is 23.7 Å². The first-order valence-electron chi connectivity index (χ1n) is 7.62. The highest BCUT2D eigenvalue weighted by Crippen LogP contribution is 2.36. The van der Waals surface area contributed by atoms with E-state index in [9.17, 15) is 9.59 Å². The number of carbonyl (C=O) groups excluding carboxylic acids is 2. The van der Waals surface area contributed by atoms with Crippen molar-refractivity contribution in [3.63, 3.8) is 0 Å². The number of ketones is 1. The SMILES string of the molecule is CC(=O)c1ccc(C(=O)N=c2sc3cc4c(cc3n2C)OCO4)cc1. The Labute approximate surface area is 147 Å². The molecule has 25 heavy (non-hydrogen) atoms. The maximum Gasteiger partial charge on any atom is 0.279 e. The Morgan fingerprint density at radius 2 is 1.72 bits per heavy atom. The van der Waals surface area contributed by atoms with Crippen molar-refractivity contribution in [3.8, 4) is 11.5 Å². The molecule has 0 spiro atoms. The Bertz CT molecular complexity index is 1080. The minimum atomic E-state index is -0.350. The van der Waals surface area contributed by atoms with Crippen molar-refractivity contribution in [2.24, 2.45) is 12.0 Å². The summed E-state index contributed by atoms with van der Waals surface area (Å²) in [7, 11) is 1.85. The van der Waals surface area contributed by atoms with Gasteiger partial charge in [-0.2, -0.15) is 4.99 Å². The number of rotatable bonds is 2. The zero-order valence-corrected chi connectivity index (χ0v) is 14.4. The van der Waals surface area contributed by atoms with Gasteiger partial charge in [-0.25, -0.2) is 0 Å². The van der Waals surface area contributed by atoms with Gasteiger partial charge in [0.25, 0.3) is 5.91 Å². The number of carbonyl (C=O) groups is 2. The molecule has 2 heterocycles. The Kier molecular flexibility index (Phi) is 3.65. The largest absolute Gasteiger partial charge is 0.454 e. The van der Waals surface area contributed by atoms with Crippen LogP contribution in [0.2, 0.25) is 0 Å². The molecule has 0 N–H and O–H groups in total. The first kappa shape index (κ1) is 15.6. The first-order valence-corrected chi connectivity index (χ1v) is 8.44. The van der Waals surface area contributed by atoms with E-state index < -0.39 is 0 Å². The first-order chi connectivity index (χ1) is 12.0. The van der Waals surface area contributed by atoms with Crippen molar-refractivity contribution in [2.75, 3.05) is 6.79 Å². The number of benzene rings is 2. The predicted molar refractivity (Wildman–Crippen MR) is 93.3 cm³/mol. The molecule has 6 nitrogen and oxygen atoms in total. The van der Waals surface area contributed by atoms with Crippen molar-refractivity contribution < 1.29 is 19.1 Å². The van der Waals surface area contributed by atoms with Crippen molar-refractivity contribution in [2.45, 2.75) is 6.92 Å². The zero-order valence-electron chi connectivity index (χ0n) is 13.6. The summed E-state index contributed by atoms with van der Waals surface area (Å²) < 4.78 is 13.6. The van der Waals surface area contributed by atoms with Crippen LogP contribution in [0.5, 0.6) is 11.5 Å². The molecule has 0 fully saturated rings. The van der Waals surface area contributed by atoms with Gasteiger partial charge in [0.2, 0.25) is 6.79 Å². The lowest BCUT2D eigenvalue weighted by atomic mass is 10.1. The summed E-state index contributed by atoms with van der Waals surface area (Å²) >= 11 is 1.41. The molecule has 2 aromatic carbocycles. The minimum absolute atomic E-state index is 0.0377. The molecule has 0 bridgehead atoms. The van der Waals surface area contributed by atoms with Crippen molar-refractivity contribution in [1.29, 1.82) is 0 Å². The maximum absolute atomic E-state index is 12.4. The molecular formula is C18H14N2O4S. The number of aryl methyl sites for hydroxylation is 1. The molecule has 0 saturated heterocycles. The average Bonchev–Trinajstić information content (AvgIpc) is 3.18. The van der Waals surface area contributed by atoms with Crippen molar-refractivity contribution in [1.82, 2.24) is 4.57 Å². The van der Waals surface area contributed by atoms with Crippen LogP contribution in [0, 0.1) is 0 Å². The summed E-state index contributed by atoms with van der Waals surface area (Å²) in [6.45, 7) is 1.71. The second-order valence-corrected chi connectivity index (χ2v) is 6.68. The minimum Gasteiger partial charge on any atom is -0.454 e. The standard InChI is InChI=1S/C18H14N2O4S/c1-10(21)11-3-5-12(6-4-11)17(22)19-18-20(2)13-7-14-15(24-9-23-14)8-16(13)25-18/h3-8H,9H2,1-2H3. The second-order valence-electron chi connectivity index (χ2n) is 5.67. The molecule has 1 aliphatic heterocycles. The number of ether oxygens (including phenoxy) is 2. The molecule has 0 unspecified atom stereocenters. The Morgan fingerprint density at radius 3 is 2.40 bits per heavy atom. The van der Waals surface area contributed by atoms with E-state index in [-0.39, 0.29) is 18.5 Å². The molecular weight excluding hydrogens is 340 g/mol. The van der Waals surface area contributed by atoms with Crippen LogP contribution in [0.4, 0.5) is 0 Å². The number of aromatic nitrogens is 1. The molecule has 3 aromatic rings. The molecule has 0 atom stereocenters. The molecule has 126 valence electrons. The van der Waals surface area contributed by atoms with Gasteiger partial charge in [0.1, 0.15) is 0 Å². The topological polar surface area (TPSA) is 69.9 Å². The van der Waals surface area contributed by atoms with E-state index in [1.54, 1.807) is 24.3 Å². The zero-order chi connectivity index (χ0) is 17.6. The third kappa shape index (κ3) is 2.72. The molecule has 0 aliphatic carbocycles. The summed E-state index contributed by atoms with van der Waals surface area (Å²) in [6.07, 6.45) is 0. The van der Waals surface area contributed by atoms with E-state index in [2.05, 4.69) is 4.99 Å². The van der Waals surface area contributed by atoms with Crippen LogP contribution in [0.3, 0.4) is 0 Å². The van der Waals surface area contributed by atoms with Gasteiger partial charge in [0.05, 0.1) is 10.2 Å². The number of thiazole rings is 1. The summed E-state index contributed by atoms with van der Waals surface area (Å²) in [5.74, 6) is 1.01. The van der Waals surface area contributed by atoms with Gasteiger partial charge in [-0.3, -0.25) is 9.59 Å². The quantitative estimate of drug-likeness (QED) is 0.664. The van der Waals surface area contributed by atoms with E-state index >= 15 is 0 Å². The van der Waals surface area contributed by atoms with Crippen LogP contribution in [-0.4, -0.2) is 23.1 Å². The van der Waals surface area contributed by atoms with Gasteiger partial charge in [-0.15, -0.1) is 0 Å². The molecule has 7 heteroatoms. The number of fused-ring (bicyclic) bond motifs is 2. The average molecular weight is 354 g/mol. The van der Waals surface area contributed by atoms with Gasteiger partial charge in [0, 0.05) is 30.3 Å². The maximum atomic E-state index is 12.4. The van der Waals surface area contributed by atoms with Crippen LogP contribution in [0.1, 0.15) is 27.6 Å². The highest BCUT2D eigenvalue weighted by molar-refractivity contribution is 7.16. The third-order valence-corrected chi connectivity index (χ3v) is 5.13. The Balaban J connectivity index is 1.74. The highest BCUT2D eigenvalue weighted by Gasteiger charge is 2.17. The molecule has 0 radical (unpaired) electrons. The number of hydrogen-bond donors (Lipinski definition) is 0. The fraction of sp³-hybridized carbons (Fsp3) is 0.167. The molecule has 0 saturated carbocycles. The van der Waals surface area contributed by atoms with E-state index in [1.165, 1.54) is 18.3 Å². The predicted octanol–water partition coefficient (Wildman–Crippen LogP) is 2.91. The Morgan fingerprint density at radius 1 is 1.08 bits per heavy atom. The normalized spacial score (nSPS) is 13.4. The van der Waals surface area contributed by atoms with Gasteiger partial charge in [0.15, 0.2) is 22.1 Å². The van der Waals surface area contributed by atoms with Gasteiger partial charge >= 0.3 is 0 Å². The van der Waals surface area contributed by atoms with Crippen LogP contribution >= 0.6 is 11.3 Å². The number of nitrogens with zero attached hydrogens (tertiary/aromatic N) is 2. The van der Waals surface area contributed by atoms with Crippen LogP contribution in [-0.2, 0) is 7.05 Å². The third-order valence-electron chi connectivity index (χ3n) is 4.04. The molecule has 1 amide bonds. The molecule has 1 aromatic heterocycles. The van der Waals surface area contributed by atoms with Crippen LogP contribution in [0.25, 0.3) is 10.2 Å².